The molecule has 20 heavy (non-hydrogen) atoms. The number of aromatic nitrogens is 1. The van der Waals surface area contributed by atoms with Gasteiger partial charge in [0.25, 0.3) is 10.0 Å². The Morgan fingerprint density at radius 2 is 2.10 bits per heavy atom. The molecule has 0 aliphatic carbocycles. The molecule has 0 amide bonds. The molecule has 0 saturated heterocycles. The van der Waals surface area contributed by atoms with Gasteiger partial charge in [-0.1, -0.05) is 12.1 Å². The van der Waals surface area contributed by atoms with Crippen molar-refractivity contribution >= 4 is 15.7 Å². The number of pyridine rings is 1. The molecule has 0 fully saturated rings. The molecule has 0 unspecified atom stereocenters. The first-order valence-electron chi connectivity index (χ1n) is 5.73. The van der Waals surface area contributed by atoms with Gasteiger partial charge in [0.1, 0.15) is 16.7 Å². The fourth-order valence-electron chi connectivity index (χ4n) is 1.58. The summed E-state index contributed by atoms with van der Waals surface area (Å²) in [6.07, 6.45) is 1.15. The van der Waals surface area contributed by atoms with Gasteiger partial charge in [0, 0.05) is 18.4 Å². The normalized spacial score (nSPS) is 10.8. The Balaban J connectivity index is 2.28. The molecule has 0 atom stereocenters. The van der Waals surface area contributed by atoms with E-state index in [9.17, 15) is 8.42 Å². The lowest BCUT2D eigenvalue weighted by Crippen LogP contribution is -2.13. The first kappa shape index (κ1) is 14.0. The minimum atomic E-state index is -3.73. The molecular formula is C13H12N4O2S. The summed E-state index contributed by atoms with van der Waals surface area (Å²) in [7, 11) is -3.73. The average molecular weight is 288 g/mol. The largest absolute Gasteiger partial charge is 0.326 e. The topological polar surface area (TPSA) is 109 Å². The smallest absolute Gasteiger partial charge is 0.263 e. The van der Waals surface area contributed by atoms with Crippen LogP contribution in [0.4, 0.5) is 5.69 Å². The Labute approximate surface area is 116 Å². The SMILES string of the molecule is N#Cc1ccc(S(=O)(=O)Nc2cccc(CN)c2)cn1. The predicted octanol–water partition coefficient (Wildman–Crippen LogP) is 1.21. The van der Waals surface area contributed by atoms with E-state index in [0.29, 0.717) is 12.2 Å². The maximum atomic E-state index is 12.1. The summed E-state index contributed by atoms with van der Waals surface area (Å²) in [4.78, 5) is 3.73. The molecule has 2 rings (SSSR count). The molecule has 1 aromatic heterocycles. The highest BCUT2D eigenvalue weighted by atomic mass is 32.2. The maximum absolute atomic E-state index is 12.1. The standard InChI is InChI=1S/C13H12N4O2S/c14-7-10-2-1-3-11(6-10)17-20(18,19)13-5-4-12(8-15)16-9-13/h1-6,9,17H,7,14H2. The molecule has 0 bridgehead atoms. The van der Waals surface area contributed by atoms with E-state index < -0.39 is 10.0 Å². The zero-order valence-electron chi connectivity index (χ0n) is 10.4. The third-order valence-electron chi connectivity index (χ3n) is 2.58. The molecule has 6 nitrogen and oxygen atoms in total. The van der Waals surface area contributed by atoms with Crippen LogP contribution >= 0.6 is 0 Å². The second-order valence-electron chi connectivity index (χ2n) is 4.00. The average Bonchev–Trinajstić information content (AvgIpc) is 2.47. The van der Waals surface area contributed by atoms with Crippen LogP contribution < -0.4 is 10.5 Å². The number of anilines is 1. The number of nitrogens with two attached hydrogens (primary N) is 1. The van der Waals surface area contributed by atoms with Crippen molar-refractivity contribution in [2.24, 2.45) is 5.73 Å². The van der Waals surface area contributed by atoms with Crippen LogP contribution in [0.5, 0.6) is 0 Å². The van der Waals surface area contributed by atoms with Crippen molar-refractivity contribution in [2.75, 3.05) is 4.72 Å². The summed E-state index contributed by atoms with van der Waals surface area (Å²) < 4.78 is 26.7. The van der Waals surface area contributed by atoms with E-state index in [1.165, 1.54) is 12.1 Å². The molecule has 0 spiro atoms. The van der Waals surface area contributed by atoms with Gasteiger partial charge in [0.2, 0.25) is 0 Å². The quantitative estimate of drug-likeness (QED) is 0.879. The zero-order valence-corrected chi connectivity index (χ0v) is 11.3. The molecule has 0 radical (unpaired) electrons. The second kappa shape index (κ2) is 5.69. The molecule has 2 aromatic rings. The highest BCUT2D eigenvalue weighted by molar-refractivity contribution is 7.92. The number of nitriles is 1. The van der Waals surface area contributed by atoms with Crippen molar-refractivity contribution in [3.8, 4) is 6.07 Å². The van der Waals surface area contributed by atoms with E-state index in [0.717, 1.165) is 11.8 Å². The van der Waals surface area contributed by atoms with Gasteiger partial charge in [-0.2, -0.15) is 5.26 Å². The van der Waals surface area contributed by atoms with Crippen molar-refractivity contribution < 1.29 is 8.42 Å². The van der Waals surface area contributed by atoms with Crippen molar-refractivity contribution in [3.05, 3.63) is 53.9 Å². The summed E-state index contributed by atoms with van der Waals surface area (Å²) in [6.45, 7) is 0.327. The van der Waals surface area contributed by atoms with Crippen LogP contribution in [-0.4, -0.2) is 13.4 Å². The van der Waals surface area contributed by atoms with Gasteiger partial charge in [-0.3, -0.25) is 4.72 Å². The molecule has 102 valence electrons. The molecule has 0 aliphatic rings. The first-order chi connectivity index (χ1) is 9.55. The number of hydrogen-bond donors (Lipinski definition) is 2. The lowest BCUT2D eigenvalue weighted by molar-refractivity contribution is 0.601. The fourth-order valence-corrected chi connectivity index (χ4v) is 2.58. The van der Waals surface area contributed by atoms with Crippen LogP contribution in [0.2, 0.25) is 0 Å². The van der Waals surface area contributed by atoms with Gasteiger partial charge >= 0.3 is 0 Å². The Kier molecular flexibility index (Phi) is 3.98. The Hall–Kier alpha value is -2.43. The molecule has 3 N–H and O–H groups in total. The summed E-state index contributed by atoms with van der Waals surface area (Å²) >= 11 is 0. The highest BCUT2D eigenvalue weighted by Crippen LogP contribution is 2.16. The Morgan fingerprint density at radius 1 is 1.30 bits per heavy atom. The van der Waals surface area contributed by atoms with Gasteiger partial charge in [-0.15, -0.1) is 0 Å². The van der Waals surface area contributed by atoms with Crippen LogP contribution in [0.25, 0.3) is 0 Å². The number of nitrogens with zero attached hydrogens (tertiary/aromatic N) is 2. The molecule has 0 saturated carbocycles. The lowest BCUT2D eigenvalue weighted by atomic mass is 10.2. The van der Waals surface area contributed by atoms with Crippen LogP contribution in [0, 0.1) is 11.3 Å². The number of nitrogens with one attached hydrogen (secondary N) is 1. The highest BCUT2D eigenvalue weighted by Gasteiger charge is 2.14. The van der Waals surface area contributed by atoms with Gasteiger partial charge in [0.05, 0.1) is 0 Å². The molecule has 1 aromatic carbocycles. The number of rotatable bonds is 4. The second-order valence-corrected chi connectivity index (χ2v) is 5.68. The van der Waals surface area contributed by atoms with Crippen LogP contribution in [0.1, 0.15) is 11.3 Å². The van der Waals surface area contributed by atoms with E-state index in [2.05, 4.69) is 9.71 Å². The number of benzene rings is 1. The summed E-state index contributed by atoms with van der Waals surface area (Å²) in [5, 5.41) is 8.63. The van der Waals surface area contributed by atoms with Crippen molar-refractivity contribution in [3.63, 3.8) is 0 Å². The van der Waals surface area contributed by atoms with E-state index in [-0.39, 0.29) is 10.6 Å². The van der Waals surface area contributed by atoms with Gasteiger partial charge in [-0.25, -0.2) is 13.4 Å². The minimum Gasteiger partial charge on any atom is -0.326 e. The van der Waals surface area contributed by atoms with Crippen LogP contribution in [-0.2, 0) is 16.6 Å². The molecular weight excluding hydrogens is 276 g/mol. The Morgan fingerprint density at radius 3 is 2.70 bits per heavy atom. The maximum Gasteiger partial charge on any atom is 0.263 e. The van der Waals surface area contributed by atoms with Crippen LogP contribution in [0.15, 0.2) is 47.5 Å². The predicted molar refractivity (Wildman–Crippen MR) is 74.1 cm³/mol. The van der Waals surface area contributed by atoms with E-state index in [1.807, 2.05) is 6.07 Å². The number of sulfonamides is 1. The summed E-state index contributed by atoms with van der Waals surface area (Å²) in [5.41, 5.74) is 6.92. The van der Waals surface area contributed by atoms with E-state index in [1.54, 1.807) is 24.3 Å². The first-order valence-corrected chi connectivity index (χ1v) is 7.21. The van der Waals surface area contributed by atoms with E-state index >= 15 is 0 Å². The van der Waals surface area contributed by atoms with Crippen LogP contribution in [0.3, 0.4) is 0 Å². The van der Waals surface area contributed by atoms with Crippen molar-refractivity contribution in [1.29, 1.82) is 5.26 Å². The molecule has 7 heteroatoms. The van der Waals surface area contributed by atoms with Crippen molar-refractivity contribution in [2.45, 2.75) is 11.4 Å². The lowest BCUT2D eigenvalue weighted by Gasteiger charge is -2.08. The minimum absolute atomic E-state index is 0.00495. The van der Waals surface area contributed by atoms with E-state index in [4.69, 9.17) is 11.0 Å². The molecule has 1 heterocycles. The summed E-state index contributed by atoms with van der Waals surface area (Å²) in [5.74, 6) is 0. The van der Waals surface area contributed by atoms with Crippen molar-refractivity contribution in [1.82, 2.24) is 4.98 Å². The van der Waals surface area contributed by atoms with Gasteiger partial charge < -0.3 is 5.73 Å². The zero-order chi connectivity index (χ0) is 14.6. The molecule has 0 aliphatic heterocycles. The van der Waals surface area contributed by atoms with Gasteiger partial charge in [0.15, 0.2) is 0 Å². The Bertz CT molecular complexity index is 749. The summed E-state index contributed by atoms with van der Waals surface area (Å²) in [6, 6.07) is 11.3. The fraction of sp³-hybridized carbons (Fsp3) is 0.0769. The third kappa shape index (κ3) is 3.12. The third-order valence-corrected chi connectivity index (χ3v) is 3.94. The number of hydrogen-bond acceptors (Lipinski definition) is 5. The van der Waals surface area contributed by atoms with Gasteiger partial charge in [-0.05, 0) is 29.8 Å². The monoisotopic (exact) mass is 288 g/mol.